The van der Waals surface area contributed by atoms with Gasteiger partial charge in [-0.05, 0) is 12.8 Å². The van der Waals surface area contributed by atoms with Gasteiger partial charge >= 0.3 is 0 Å². The first kappa shape index (κ1) is 16.2. The molecule has 2 N–H and O–H groups in total. The molecule has 2 fully saturated rings. The highest BCUT2D eigenvalue weighted by Gasteiger charge is 2.31. The molecule has 1 saturated carbocycles. The number of amides is 1. The van der Waals surface area contributed by atoms with Crippen LogP contribution in [0.2, 0.25) is 0 Å². The van der Waals surface area contributed by atoms with E-state index in [1.807, 2.05) is 0 Å². The SMILES string of the molecule is O=C([O-])[C@H]1CCCC[C@H]1C(=O)NCCC[NH+]1CCOCC1. The first-order valence-electron chi connectivity index (χ1n) is 8.08. The van der Waals surface area contributed by atoms with Crippen molar-refractivity contribution < 1.29 is 24.3 Å². The Morgan fingerprint density at radius 1 is 1.14 bits per heavy atom. The van der Waals surface area contributed by atoms with Gasteiger partial charge in [0.1, 0.15) is 13.1 Å². The van der Waals surface area contributed by atoms with Crippen LogP contribution in [0.15, 0.2) is 0 Å². The van der Waals surface area contributed by atoms with Gasteiger partial charge in [-0.25, -0.2) is 0 Å². The number of carboxylic acids is 1. The van der Waals surface area contributed by atoms with Crippen LogP contribution in [-0.2, 0) is 14.3 Å². The lowest BCUT2D eigenvalue weighted by Crippen LogP contribution is -3.14. The molecule has 120 valence electrons. The van der Waals surface area contributed by atoms with Crippen molar-refractivity contribution in [2.24, 2.45) is 11.8 Å². The summed E-state index contributed by atoms with van der Waals surface area (Å²) in [4.78, 5) is 24.7. The summed E-state index contributed by atoms with van der Waals surface area (Å²) >= 11 is 0. The summed E-state index contributed by atoms with van der Waals surface area (Å²) in [6.07, 6.45) is 3.96. The summed E-state index contributed by atoms with van der Waals surface area (Å²) in [6, 6.07) is 0. The molecule has 1 amide bonds. The van der Waals surface area contributed by atoms with Gasteiger partial charge in [-0.2, -0.15) is 0 Å². The summed E-state index contributed by atoms with van der Waals surface area (Å²) < 4.78 is 5.31. The molecule has 0 bridgehead atoms. The van der Waals surface area contributed by atoms with Crippen molar-refractivity contribution in [2.75, 3.05) is 39.4 Å². The van der Waals surface area contributed by atoms with Crippen molar-refractivity contribution in [1.82, 2.24) is 5.32 Å². The van der Waals surface area contributed by atoms with E-state index in [-0.39, 0.29) is 5.91 Å². The third-order valence-electron chi connectivity index (χ3n) is 4.61. The van der Waals surface area contributed by atoms with E-state index in [9.17, 15) is 14.7 Å². The minimum absolute atomic E-state index is 0.110. The summed E-state index contributed by atoms with van der Waals surface area (Å²) in [5.41, 5.74) is 0. The van der Waals surface area contributed by atoms with E-state index in [0.29, 0.717) is 19.4 Å². The Morgan fingerprint density at radius 2 is 1.81 bits per heavy atom. The van der Waals surface area contributed by atoms with E-state index in [2.05, 4.69) is 5.32 Å². The molecule has 0 radical (unpaired) electrons. The first-order valence-corrected chi connectivity index (χ1v) is 8.08. The molecule has 0 spiro atoms. The van der Waals surface area contributed by atoms with E-state index in [0.717, 1.165) is 52.1 Å². The number of quaternary nitrogens is 1. The number of carbonyl (C=O) groups is 2. The number of aliphatic carboxylic acids is 1. The average Bonchev–Trinajstić information content (AvgIpc) is 2.52. The number of morpholine rings is 1. The standard InChI is InChI=1S/C15H26N2O4/c18-14(12-4-1-2-5-13(12)15(19)20)16-6-3-7-17-8-10-21-11-9-17/h12-13H,1-11H2,(H,16,18)(H,19,20)/t12-,13+/m1/s1. The molecule has 6 nitrogen and oxygen atoms in total. The van der Waals surface area contributed by atoms with E-state index in [4.69, 9.17) is 4.74 Å². The van der Waals surface area contributed by atoms with Crippen molar-refractivity contribution >= 4 is 11.9 Å². The number of hydrogen-bond donors (Lipinski definition) is 2. The van der Waals surface area contributed by atoms with Gasteiger partial charge in [-0.3, -0.25) is 4.79 Å². The van der Waals surface area contributed by atoms with E-state index in [1.165, 1.54) is 4.90 Å². The quantitative estimate of drug-likeness (QED) is 0.554. The number of carboxylic acid groups (broad SMARTS) is 1. The fraction of sp³-hybridized carbons (Fsp3) is 0.867. The highest BCUT2D eigenvalue weighted by atomic mass is 16.5. The fourth-order valence-electron chi connectivity index (χ4n) is 3.32. The van der Waals surface area contributed by atoms with E-state index in [1.54, 1.807) is 0 Å². The predicted molar refractivity (Wildman–Crippen MR) is 74.5 cm³/mol. The Hall–Kier alpha value is -1.14. The molecule has 0 aromatic carbocycles. The monoisotopic (exact) mass is 298 g/mol. The van der Waals surface area contributed by atoms with Gasteiger partial charge in [-0.15, -0.1) is 0 Å². The lowest BCUT2D eigenvalue weighted by molar-refractivity contribution is -0.908. The van der Waals surface area contributed by atoms with E-state index >= 15 is 0 Å². The van der Waals surface area contributed by atoms with Crippen LogP contribution in [0.5, 0.6) is 0 Å². The lowest BCUT2D eigenvalue weighted by atomic mass is 9.79. The van der Waals surface area contributed by atoms with Crippen LogP contribution in [-0.4, -0.2) is 51.3 Å². The molecule has 6 heteroatoms. The van der Waals surface area contributed by atoms with Crippen LogP contribution in [0.1, 0.15) is 32.1 Å². The second-order valence-electron chi connectivity index (χ2n) is 6.07. The minimum Gasteiger partial charge on any atom is -0.550 e. The van der Waals surface area contributed by atoms with Crippen LogP contribution < -0.4 is 15.3 Å². The van der Waals surface area contributed by atoms with Crippen LogP contribution in [0, 0.1) is 11.8 Å². The van der Waals surface area contributed by atoms with Crippen LogP contribution >= 0.6 is 0 Å². The smallest absolute Gasteiger partial charge is 0.223 e. The number of rotatable bonds is 6. The molecule has 0 aromatic heterocycles. The van der Waals surface area contributed by atoms with Crippen molar-refractivity contribution in [3.8, 4) is 0 Å². The van der Waals surface area contributed by atoms with Gasteiger partial charge < -0.3 is 24.9 Å². The third kappa shape index (κ3) is 4.97. The molecule has 2 aliphatic rings. The maximum absolute atomic E-state index is 12.1. The Morgan fingerprint density at radius 3 is 2.48 bits per heavy atom. The fourth-order valence-corrected chi connectivity index (χ4v) is 3.32. The molecular weight excluding hydrogens is 272 g/mol. The van der Waals surface area contributed by atoms with Gasteiger partial charge in [0.25, 0.3) is 0 Å². The second-order valence-corrected chi connectivity index (χ2v) is 6.07. The van der Waals surface area contributed by atoms with Crippen molar-refractivity contribution in [3.63, 3.8) is 0 Å². The lowest BCUT2D eigenvalue weighted by Gasteiger charge is -2.31. The topological polar surface area (TPSA) is 82.9 Å². The largest absolute Gasteiger partial charge is 0.550 e. The van der Waals surface area contributed by atoms with Crippen molar-refractivity contribution in [2.45, 2.75) is 32.1 Å². The van der Waals surface area contributed by atoms with Gasteiger partial charge in [0.2, 0.25) is 5.91 Å². The average molecular weight is 298 g/mol. The summed E-state index contributed by atoms with van der Waals surface area (Å²) in [5, 5.41) is 14.0. The Labute approximate surface area is 125 Å². The van der Waals surface area contributed by atoms with E-state index < -0.39 is 17.8 Å². The summed E-state index contributed by atoms with van der Waals surface area (Å²) in [6.45, 7) is 5.35. The molecule has 1 saturated heterocycles. The summed E-state index contributed by atoms with van der Waals surface area (Å²) in [5.74, 6) is -2.20. The van der Waals surface area contributed by atoms with Gasteiger partial charge in [0.05, 0.1) is 19.8 Å². The number of nitrogens with one attached hydrogen (secondary N) is 2. The normalized spacial score (nSPS) is 27.2. The summed E-state index contributed by atoms with van der Waals surface area (Å²) in [7, 11) is 0. The maximum atomic E-state index is 12.1. The number of ether oxygens (including phenoxy) is 1. The van der Waals surface area contributed by atoms with Crippen molar-refractivity contribution in [1.29, 1.82) is 0 Å². The Balaban J connectivity index is 1.67. The molecule has 21 heavy (non-hydrogen) atoms. The molecule has 0 aromatic rings. The molecule has 1 aliphatic carbocycles. The van der Waals surface area contributed by atoms with Crippen LogP contribution in [0.3, 0.4) is 0 Å². The zero-order valence-electron chi connectivity index (χ0n) is 12.6. The third-order valence-corrected chi connectivity index (χ3v) is 4.61. The van der Waals surface area contributed by atoms with Crippen LogP contribution in [0.25, 0.3) is 0 Å². The highest BCUT2D eigenvalue weighted by molar-refractivity contribution is 5.84. The van der Waals surface area contributed by atoms with Gasteiger partial charge in [0.15, 0.2) is 0 Å². The van der Waals surface area contributed by atoms with Gasteiger partial charge in [-0.1, -0.05) is 12.8 Å². The van der Waals surface area contributed by atoms with Gasteiger partial charge in [0, 0.05) is 30.8 Å². The first-order chi connectivity index (χ1) is 10.2. The zero-order chi connectivity index (χ0) is 15.1. The highest BCUT2D eigenvalue weighted by Crippen LogP contribution is 2.29. The predicted octanol–water partition coefficient (Wildman–Crippen LogP) is -2.04. The van der Waals surface area contributed by atoms with Crippen molar-refractivity contribution in [3.05, 3.63) is 0 Å². The molecule has 1 aliphatic heterocycles. The minimum atomic E-state index is -1.08. The Kier molecular flexibility index (Phi) is 6.45. The molecule has 0 unspecified atom stereocenters. The Bertz CT molecular complexity index is 356. The molecular formula is C15H26N2O4. The maximum Gasteiger partial charge on any atom is 0.223 e. The molecule has 2 atom stereocenters. The zero-order valence-corrected chi connectivity index (χ0v) is 12.6. The number of carbonyl (C=O) groups excluding carboxylic acids is 2. The second kappa shape index (κ2) is 8.34. The van der Waals surface area contributed by atoms with Crippen LogP contribution in [0.4, 0.5) is 0 Å². The number of hydrogen-bond acceptors (Lipinski definition) is 4. The molecule has 2 rings (SSSR count). The molecule has 1 heterocycles.